The van der Waals surface area contributed by atoms with Crippen LogP contribution in [0.25, 0.3) is 0 Å². The van der Waals surface area contributed by atoms with E-state index in [4.69, 9.17) is 0 Å². The lowest BCUT2D eigenvalue weighted by Crippen LogP contribution is -2.48. The molecule has 2 aromatic carbocycles. The highest BCUT2D eigenvalue weighted by Gasteiger charge is 2.38. The Balaban J connectivity index is 0.00000261. The molecule has 0 heterocycles. The quantitative estimate of drug-likeness (QED) is 0.216. The molecule has 1 aliphatic rings. The fourth-order valence-corrected chi connectivity index (χ4v) is 3.45. The second-order valence-corrected chi connectivity index (χ2v) is 6.67. The van der Waals surface area contributed by atoms with Gasteiger partial charge in [0, 0.05) is 37.2 Å². The van der Waals surface area contributed by atoms with Crippen molar-refractivity contribution in [2.75, 3.05) is 13.6 Å². The molecule has 7 heteroatoms. The summed E-state index contributed by atoms with van der Waals surface area (Å²) in [4.78, 5) is 15.0. The number of para-hydroxylation sites is 1. The molecule has 1 saturated carbocycles. The molecule has 2 aromatic rings. The summed E-state index contributed by atoms with van der Waals surface area (Å²) in [6.45, 7) is 1.16. The van der Waals surface area contributed by atoms with Gasteiger partial charge in [-0.2, -0.15) is 0 Å². The van der Waals surface area contributed by atoms with E-state index in [9.17, 15) is 10.1 Å². The minimum atomic E-state index is -0.355. The number of rotatable bonds is 6. The van der Waals surface area contributed by atoms with Gasteiger partial charge in [-0.3, -0.25) is 15.1 Å². The van der Waals surface area contributed by atoms with Crippen molar-refractivity contribution in [3.8, 4) is 0 Å². The maximum absolute atomic E-state index is 11.1. The molecule has 0 aromatic heterocycles. The third-order valence-electron chi connectivity index (χ3n) is 5.15. The van der Waals surface area contributed by atoms with E-state index in [1.54, 1.807) is 25.2 Å². The minimum Gasteiger partial charge on any atom is -0.356 e. The Morgan fingerprint density at radius 3 is 2.37 bits per heavy atom. The molecule has 0 saturated heterocycles. The van der Waals surface area contributed by atoms with Crippen molar-refractivity contribution >= 4 is 35.6 Å². The van der Waals surface area contributed by atoms with Crippen molar-refractivity contribution in [1.29, 1.82) is 0 Å². The minimum absolute atomic E-state index is 0. The Labute approximate surface area is 176 Å². The van der Waals surface area contributed by atoms with E-state index in [1.165, 1.54) is 18.1 Å². The molecule has 0 bridgehead atoms. The first kappa shape index (κ1) is 21.1. The van der Waals surface area contributed by atoms with E-state index in [-0.39, 0.29) is 40.0 Å². The van der Waals surface area contributed by atoms with Gasteiger partial charge in [0.15, 0.2) is 5.96 Å². The van der Waals surface area contributed by atoms with Gasteiger partial charge in [0.05, 0.1) is 4.92 Å². The van der Waals surface area contributed by atoms with Crippen molar-refractivity contribution < 1.29 is 4.92 Å². The second-order valence-electron chi connectivity index (χ2n) is 6.67. The molecule has 0 amide bonds. The summed E-state index contributed by atoms with van der Waals surface area (Å²) in [5, 5.41) is 17.7. The second kappa shape index (κ2) is 9.68. The molecule has 6 nitrogen and oxygen atoms in total. The molecule has 1 aliphatic carbocycles. The number of nitro groups is 1. The van der Waals surface area contributed by atoms with Crippen LogP contribution in [0.5, 0.6) is 0 Å². The van der Waals surface area contributed by atoms with E-state index < -0.39 is 0 Å². The first-order valence-electron chi connectivity index (χ1n) is 8.87. The number of hydrogen-bond donors (Lipinski definition) is 2. The maximum Gasteiger partial charge on any atom is 0.274 e. The van der Waals surface area contributed by atoms with E-state index in [0.717, 1.165) is 19.4 Å². The van der Waals surface area contributed by atoms with Gasteiger partial charge in [0.1, 0.15) is 0 Å². The summed E-state index contributed by atoms with van der Waals surface area (Å²) in [6, 6.07) is 17.3. The lowest BCUT2D eigenvalue weighted by atomic mass is 9.64. The monoisotopic (exact) mass is 480 g/mol. The Bertz CT molecular complexity index is 792. The summed E-state index contributed by atoms with van der Waals surface area (Å²) in [5.74, 6) is 0.658. The molecule has 0 unspecified atom stereocenters. The summed E-state index contributed by atoms with van der Waals surface area (Å²) in [6.07, 6.45) is 3.55. The number of nitrogens with zero attached hydrogens (tertiary/aromatic N) is 2. The van der Waals surface area contributed by atoms with Gasteiger partial charge < -0.3 is 10.6 Å². The molecule has 0 spiro atoms. The number of aliphatic imine (C=N–C) groups is 1. The summed E-state index contributed by atoms with van der Waals surface area (Å²) in [7, 11) is 1.71. The first-order chi connectivity index (χ1) is 12.6. The highest BCUT2D eigenvalue weighted by atomic mass is 127. The predicted octanol–water partition coefficient (Wildman–Crippen LogP) is 4.00. The van der Waals surface area contributed by atoms with Crippen LogP contribution in [0.1, 0.15) is 30.4 Å². The van der Waals surface area contributed by atoms with Gasteiger partial charge in [0.2, 0.25) is 0 Å². The van der Waals surface area contributed by atoms with Gasteiger partial charge in [0.25, 0.3) is 5.69 Å². The van der Waals surface area contributed by atoms with Crippen LogP contribution in [0.3, 0.4) is 0 Å². The Morgan fingerprint density at radius 1 is 1.11 bits per heavy atom. The zero-order chi connectivity index (χ0) is 18.4. The molecule has 0 atom stereocenters. The third-order valence-corrected chi connectivity index (χ3v) is 5.15. The predicted molar refractivity (Wildman–Crippen MR) is 119 cm³/mol. The molecular formula is C20H25IN4O2. The molecule has 1 fully saturated rings. The lowest BCUT2D eigenvalue weighted by molar-refractivity contribution is -0.385. The number of nitrogens with one attached hydrogen (secondary N) is 2. The van der Waals surface area contributed by atoms with Crippen molar-refractivity contribution in [3.63, 3.8) is 0 Å². The normalized spacial score (nSPS) is 15.2. The van der Waals surface area contributed by atoms with E-state index in [2.05, 4.69) is 39.9 Å². The van der Waals surface area contributed by atoms with Crippen LogP contribution >= 0.6 is 24.0 Å². The molecule has 3 rings (SSSR count). The van der Waals surface area contributed by atoms with Crippen LogP contribution in [0.15, 0.2) is 59.6 Å². The van der Waals surface area contributed by atoms with E-state index in [1.807, 2.05) is 6.07 Å². The van der Waals surface area contributed by atoms with Gasteiger partial charge in [-0.05, 0) is 18.4 Å². The van der Waals surface area contributed by atoms with Crippen molar-refractivity contribution in [3.05, 3.63) is 75.8 Å². The fourth-order valence-electron chi connectivity index (χ4n) is 3.45. The number of nitro benzene ring substituents is 1. The van der Waals surface area contributed by atoms with Crippen LogP contribution < -0.4 is 10.6 Å². The molecule has 144 valence electrons. The zero-order valence-corrected chi connectivity index (χ0v) is 17.7. The van der Waals surface area contributed by atoms with Crippen LogP contribution in [0.4, 0.5) is 5.69 Å². The largest absolute Gasteiger partial charge is 0.356 e. The van der Waals surface area contributed by atoms with Gasteiger partial charge in [-0.1, -0.05) is 55.0 Å². The van der Waals surface area contributed by atoms with Crippen molar-refractivity contribution in [1.82, 2.24) is 10.6 Å². The Morgan fingerprint density at radius 2 is 1.78 bits per heavy atom. The summed E-state index contributed by atoms with van der Waals surface area (Å²) in [5.41, 5.74) is 2.27. The van der Waals surface area contributed by atoms with Crippen LogP contribution in [0, 0.1) is 10.1 Å². The standard InChI is InChI=1S/C20H24N4O2.HI/c1-21-19(22-14-16-8-5-6-11-18(16)24(25)26)23-15-20(12-7-13-20)17-9-3-2-4-10-17;/h2-6,8-11H,7,12-15H2,1H3,(H2,21,22,23);1H. The SMILES string of the molecule is CN=C(NCc1ccccc1[N+](=O)[O-])NCC1(c2ccccc2)CCC1.I. The lowest BCUT2D eigenvalue weighted by Gasteiger charge is -2.43. The number of guanidine groups is 1. The summed E-state index contributed by atoms with van der Waals surface area (Å²) < 4.78 is 0. The molecule has 27 heavy (non-hydrogen) atoms. The van der Waals surface area contributed by atoms with Crippen molar-refractivity contribution in [2.24, 2.45) is 4.99 Å². The molecule has 0 radical (unpaired) electrons. The van der Waals surface area contributed by atoms with Gasteiger partial charge >= 0.3 is 0 Å². The molecular weight excluding hydrogens is 455 g/mol. The molecule has 0 aliphatic heterocycles. The number of hydrogen-bond acceptors (Lipinski definition) is 3. The van der Waals surface area contributed by atoms with Crippen molar-refractivity contribution in [2.45, 2.75) is 31.2 Å². The topological polar surface area (TPSA) is 79.6 Å². The Kier molecular flexibility index (Phi) is 7.58. The highest BCUT2D eigenvalue weighted by molar-refractivity contribution is 14.0. The molecule has 2 N–H and O–H groups in total. The average Bonchev–Trinajstić information content (AvgIpc) is 2.64. The first-order valence-corrected chi connectivity index (χ1v) is 8.87. The fraction of sp³-hybridized carbons (Fsp3) is 0.350. The Hall–Kier alpha value is -2.16. The highest BCUT2D eigenvalue weighted by Crippen LogP contribution is 2.43. The zero-order valence-electron chi connectivity index (χ0n) is 15.4. The van der Waals surface area contributed by atoms with Crippen LogP contribution in [-0.2, 0) is 12.0 Å². The van der Waals surface area contributed by atoms with Crippen LogP contribution in [0.2, 0.25) is 0 Å². The van der Waals surface area contributed by atoms with E-state index in [0.29, 0.717) is 18.1 Å². The third kappa shape index (κ3) is 4.97. The average molecular weight is 480 g/mol. The number of halogens is 1. The van der Waals surface area contributed by atoms with Gasteiger partial charge in [-0.15, -0.1) is 24.0 Å². The maximum atomic E-state index is 11.1. The van der Waals surface area contributed by atoms with Gasteiger partial charge in [-0.25, -0.2) is 0 Å². The summed E-state index contributed by atoms with van der Waals surface area (Å²) >= 11 is 0. The van der Waals surface area contributed by atoms with Crippen LogP contribution in [-0.4, -0.2) is 24.5 Å². The smallest absolute Gasteiger partial charge is 0.274 e. The van der Waals surface area contributed by atoms with E-state index >= 15 is 0 Å². The number of benzene rings is 2.